The summed E-state index contributed by atoms with van der Waals surface area (Å²) in [4.78, 5) is 28.6. The van der Waals surface area contributed by atoms with Crippen LogP contribution in [0.15, 0.2) is 60.7 Å². The fraction of sp³-hybridized carbons (Fsp3) is 0.360. The molecule has 5 heteroatoms. The minimum Gasteiger partial charge on any atom is -0.489 e. The lowest BCUT2D eigenvalue weighted by Crippen LogP contribution is -2.52. The second kappa shape index (κ2) is 9.61. The Kier molecular flexibility index (Phi) is 6.47. The normalized spacial score (nSPS) is 17.1. The summed E-state index contributed by atoms with van der Waals surface area (Å²) in [5, 5.41) is 0. The molecule has 2 fully saturated rings. The summed E-state index contributed by atoms with van der Waals surface area (Å²) in [6, 6.07) is 17.8. The summed E-state index contributed by atoms with van der Waals surface area (Å²) >= 11 is 0. The van der Waals surface area contributed by atoms with E-state index in [1.165, 1.54) is 0 Å². The molecule has 1 saturated heterocycles. The number of hydrogen-bond acceptors (Lipinski definition) is 3. The highest BCUT2D eigenvalue weighted by atomic mass is 16.5. The monoisotopic (exact) mass is 404 g/mol. The number of hydrogen-bond donors (Lipinski definition) is 0. The van der Waals surface area contributed by atoms with Gasteiger partial charge in [0.05, 0.1) is 0 Å². The molecule has 2 amide bonds. The van der Waals surface area contributed by atoms with Crippen molar-refractivity contribution in [2.24, 2.45) is 5.92 Å². The molecule has 0 unspecified atom stereocenters. The SMILES string of the molecule is O=C(/C=C/c1cccc(OCc2ccccc2)c1)N1CCN(C(=O)C2CCC2)CC1. The number of carbonyl (C=O) groups is 2. The molecule has 0 aromatic heterocycles. The summed E-state index contributed by atoms with van der Waals surface area (Å²) in [5.41, 5.74) is 2.04. The number of amides is 2. The summed E-state index contributed by atoms with van der Waals surface area (Å²) in [6.07, 6.45) is 6.64. The van der Waals surface area contributed by atoms with Gasteiger partial charge in [-0.25, -0.2) is 0 Å². The van der Waals surface area contributed by atoms with Crippen molar-refractivity contribution in [3.8, 4) is 5.75 Å². The van der Waals surface area contributed by atoms with Crippen LogP contribution < -0.4 is 4.74 Å². The molecule has 0 N–H and O–H groups in total. The van der Waals surface area contributed by atoms with Crippen LogP contribution in [0.1, 0.15) is 30.4 Å². The largest absolute Gasteiger partial charge is 0.489 e. The Balaban J connectivity index is 1.27. The summed E-state index contributed by atoms with van der Waals surface area (Å²) < 4.78 is 5.86. The lowest BCUT2D eigenvalue weighted by Gasteiger charge is -2.37. The van der Waals surface area contributed by atoms with E-state index < -0.39 is 0 Å². The third-order valence-electron chi connectivity index (χ3n) is 5.88. The topological polar surface area (TPSA) is 49.9 Å². The highest BCUT2D eigenvalue weighted by Gasteiger charge is 2.31. The average molecular weight is 405 g/mol. The third-order valence-corrected chi connectivity index (χ3v) is 5.88. The first kappa shape index (κ1) is 20.2. The second-order valence-electron chi connectivity index (χ2n) is 7.96. The molecule has 1 saturated carbocycles. The molecule has 1 aliphatic carbocycles. The van der Waals surface area contributed by atoms with Crippen molar-refractivity contribution in [2.45, 2.75) is 25.9 Å². The maximum atomic E-state index is 12.5. The predicted molar refractivity (Wildman–Crippen MR) is 117 cm³/mol. The molecular formula is C25H28N2O3. The Hall–Kier alpha value is -3.08. The van der Waals surface area contributed by atoms with Gasteiger partial charge < -0.3 is 14.5 Å². The predicted octanol–water partition coefficient (Wildman–Crippen LogP) is 3.75. The molecule has 4 rings (SSSR count). The smallest absolute Gasteiger partial charge is 0.246 e. The Morgan fingerprint density at radius 3 is 2.37 bits per heavy atom. The van der Waals surface area contributed by atoms with Gasteiger partial charge >= 0.3 is 0 Å². The maximum absolute atomic E-state index is 12.5. The minimum absolute atomic E-state index is 0.0126. The van der Waals surface area contributed by atoms with Crippen molar-refractivity contribution in [1.29, 1.82) is 0 Å². The van der Waals surface area contributed by atoms with Crippen LogP contribution in [-0.2, 0) is 16.2 Å². The van der Waals surface area contributed by atoms with Crippen LogP contribution in [0.4, 0.5) is 0 Å². The maximum Gasteiger partial charge on any atom is 0.246 e. The molecule has 1 aliphatic heterocycles. The number of rotatable bonds is 6. The first-order chi connectivity index (χ1) is 14.7. The van der Waals surface area contributed by atoms with Crippen LogP contribution >= 0.6 is 0 Å². The van der Waals surface area contributed by atoms with E-state index in [1.807, 2.05) is 70.5 Å². The molecule has 2 aromatic carbocycles. The zero-order chi connectivity index (χ0) is 20.8. The second-order valence-corrected chi connectivity index (χ2v) is 7.96. The Morgan fingerprint density at radius 1 is 0.933 bits per heavy atom. The van der Waals surface area contributed by atoms with Gasteiger partial charge in [0.15, 0.2) is 0 Å². The quantitative estimate of drug-likeness (QED) is 0.689. The Labute approximate surface area is 177 Å². The van der Waals surface area contributed by atoms with E-state index in [9.17, 15) is 9.59 Å². The van der Waals surface area contributed by atoms with Crippen molar-refractivity contribution in [1.82, 2.24) is 9.80 Å². The summed E-state index contributed by atoms with van der Waals surface area (Å²) in [5.74, 6) is 1.26. The van der Waals surface area contributed by atoms with E-state index in [0.717, 1.165) is 36.1 Å². The van der Waals surface area contributed by atoms with Gasteiger partial charge in [-0.05, 0) is 42.2 Å². The van der Waals surface area contributed by atoms with Gasteiger partial charge in [-0.1, -0.05) is 48.9 Å². The molecule has 0 spiro atoms. The van der Waals surface area contributed by atoms with Crippen LogP contribution in [0, 0.1) is 5.92 Å². The molecule has 30 heavy (non-hydrogen) atoms. The van der Waals surface area contributed by atoms with Crippen molar-refractivity contribution in [2.75, 3.05) is 26.2 Å². The van der Waals surface area contributed by atoms with Crippen LogP contribution in [-0.4, -0.2) is 47.8 Å². The number of nitrogens with zero attached hydrogens (tertiary/aromatic N) is 2. The number of piperazine rings is 1. The van der Waals surface area contributed by atoms with Crippen molar-refractivity contribution < 1.29 is 14.3 Å². The Morgan fingerprint density at radius 2 is 1.67 bits per heavy atom. The molecule has 0 radical (unpaired) electrons. The molecular weight excluding hydrogens is 376 g/mol. The van der Waals surface area contributed by atoms with E-state index in [0.29, 0.717) is 32.8 Å². The molecule has 0 atom stereocenters. The molecule has 2 aromatic rings. The molecule has 5 nitrogen and oxygen atoms in total. The van der Waals surface area contributed by atoms with Crippen LogP contribution in [0.2, 0.25) is 0 Å². The van der Waals surface area contributed by atoms with Gasteiger partial charge in [-0.3, -0.25) is 9.59 Å². The lowest BCUT2D eigenvalue weighted by molar-refractivity contribution is -0.142. The van der Waals surface area contributed by atoms with Crippen molar-refractivity contribution >= 4 is 17.9 Å². The van der Waals surface area contributed by atoms with Crippen LogP contribution in [0.25, 0.3) is 6.08 Å². The summed E-state index contributed by atoms with van der Waals surface area (Å²) in [6.45, 7) is 2.98. The number of benzene rings is 2. The van der Waals surface area contributed by atoms with E-state index in [4.69, 9.17) is 4.74 Å². The zero-order valence-corrected chi connectivity index (χ0v) is 17.2. The minimum atomic E-state index is -0.0126. The van der Waals surface area contributed by atoms with Gasteiger partial charge in [-0.2, -0.15) is 0 Å². The summed E-state index contributed by atoms with van der Waals surface area (Å²) in [7, 11) is 0. The van der Waals surface area contributed by atoms with Gasteiger partial charge in [0.25, 0.3) is 0 Å². The van der Waals surface area contributed by atoms with Crippen LogP contribution in [0.5, 0.6) is 5.75 Å². The highest BCUT2D eigenvalue weighted by Crippen LogP contribution is 2.28. The van der Waals surface area contributed by atoms with Crippen molar-refractivity contribution in [3.63, 3.8) is 0 Å². The molecule has 2 aliphatic rings. The van der Waals surface area contributed by atoms with E-state index in [-0.39, 0.29) is 17.7 Å². The lowest BCUT2D eigenvalue weighted by atomic mass is 9.84. The first-order valence-electron chi connectivity index (χ1n) is 10.7. The third kappa shape index (κ3) is 5.09. The number of carbonyl (C=O) groups excluding carboxylic acids is 2. The Bertz CT molecular complexity index is 898. The molecule has 0 bridgehead atoms. The molecule has 1 heterocycles. The molecule has 156 valence electrons. The average Bonchev–Trinajstić information content (AvgIpc) is 2.76. The van der Waals surface area contributed by atoms with Gasteiger partial charge in [0.2, 0.25) is 11.8 Å². The number of ether oxygens (including phenoxy) is 1. The highest BCUT2D eigenvalue weighted by molar-refractivity contribution is 5.92. The fourth-order valence-electron chi connectivity index (χ4n) is 3.78. The van der Waals surface area contributed by atoms with Gasteiger partial charge in [0.1, 0.15) is 12.4 Å². The van der Waals surface area contributed by atoms with Gasteiger partial charge in [-0.15, -0.1) is 0 Å². The van der Waals surface area contributed by atoms with E-state index in [2.05, 4.69) is 0 Å². The van der Waals surface area contributed by atoms with E-state index >= 15 is 0 Å². The van der Waals surface area contributed by atoms with E-state index in [1.54, 1.807) is 6.08 Å². The first-order valence-corrected chi connectivity index (χ1v) is 10.7. The fourth-order valence-corrected chi connectivity index (χ4v) is 3.78. The van der Waals surface area contributed by atoms with Gasteiger partial charge in [0, 0.05) is 38.2 Å². The zero-order valence-electron chi connectivity index (χ0n) is 17.2. The standard InChI is InChI=1S/C25H28N2O3/c28-24(26-14-16-27(17-15-26)25(29)22-9-5-10-22)13-12-20-8-4-11-23(18-20)30-19-21-6-2-1-3-7-21/h1-4,6-8,11-13,18,22H,5,9-10,14-17,19H2/b13-12+. The van der Waals surface area contributed by atoms with Crippen molar-refractivity contribution in [3.05, 3.63) is 71.8 Å². The van der Waals surface area contributed by atoms with Crippen LogP contribution in [0.3, 0.4) is 0 Å².